The molecule has 3 aliphatic rings. The zero-order chi connectivity index (χ0) is 30.7. The Morgan fingerprint density at radius 3 is 2.45 bits per heavy atom. The molecule has 228 valence electrons. The van der Waals surface area contributed by atoms with E-state index < -0.39 is 35.1 Å². The summed E-state index contributed by atoms with van der Waals surface area (Å²) in [5.74, 6) is -0.793. The Bertz CT molecular complexity index is 1380. The number of hydrogen-bond acceptors (Lipinski definition) is 6. The van der Waals surface area contributed by atoms with Crippen LogP contribution in [-0.4, -0.2) is 54.0 Å². The van der Waals surface area contributed by atoms with Crippen molar-refractivity contribution in [3.8, 4) is 5.75 Å². The van der Waals surface area contributed by atoms with Crippen LogP contribution in [0.1, 0.15) is 87.5 Å². The zero-order valence-corrected chi connectivity index (χ0v) is 24.9. The lowest BCUT2D eigenvalue weighted by Crippen LogP contribution is -2.69. The van der Waals surface area contributed by atoms with Crippen molar-refractivity contribution in [2.24, 2.45) is 0 Å². The maximum Gasteiger partial charge on any atom is 0.573 e. The largest absolute Gasteiger partial charge is 0.573 e. The van der Waals surface area contributed by atoms with Crippen LogP contribution in [0.3, 0.4) is 0 Å². The van der Waals surface area contributed by atoms with Gasteiger partial charge >= 0.3 is 12.5 Å². The van der Waals surface area contributed by atoms with E-state index in [2.05, 4.69) is 10.1 Å². The highest BCUT2D eigenvalue weighted by Crippen LogP contribution is 2.43. The number of amides is 2. The fourth-order valence-electron chi connectivity index (χ4n) is 6.14. The van der Waals surface area contributed by atoms with E-state index in [1.807, 2.05) is 45.6 Å². The van der Waals surface area contributed by atoms with Gasteiger partial charge in [-0.15, -0.1) is 13.2 Å². The lowest BCUT2D eigenvalue weighted by atomic mass is 9.86. The van der Waals surface area contributed by atoms with Gasteiger partial charge in [-0.1, -0.05) is 12.1 Å². The molecular weight excluding hydrogens is 551 g/mol. The van der Waals surface area contributed by atoms with Gasteiger partial charge in [0.15, 0.2) is 0 Å². The Labute approximate surface area is 244 Å². The Hall–Kier alpha value is -3.47. The molecule has 0 saturated carbocycles. The molecule has 3 aliphatic heterocycles. The van der Waals surface area contributed by atoms with Gasteiger partial charge in [0.2, 0.25) is 0 Å². The summed E-state index contributed by atoms with van der Waals surface area (Å²) in [5.41, 5.74) is 1.57. The lowest BCUT2D eigenvalue weighted by Gasteiger charge is -2.53. The summed E-state index contributed by atoms with van der Waals surface area (Å²) in [6.07, 6.45) is -3.66. The van der Waals surface area contributed by atoms with E-state index in [-0.39, 0.29) is 17.4 Å². The first kappa shape index (κ1) is 30.0. The molecule has 1 spiro atoms. The summed E-state index contributed by atoms with van der Waals surface area (Å²) in [4.78, 5) is 29.6. The van der Waals surface area contributed by atoms with Crippen molar-refractivity contribution in [2.45, 2.75) is 90.1 Å². The molecule has 2 amide bonds. The predicted molar refractivity (Wildman–Crippen MR) is 150 cm³/mol. The number of ether oxygens (including phenoxy) is 3. The molecule has 11 heteroatoms. The van der Waals surface area contributed by atoms with Crippen LogP contribution >= 0.6 is 0 Å². The maximum absolute atomic E-state index is 13.5. The molecule has 0 bridgehead atoms. The molecule has 8 nitrogen and oxygen atoms in total. The third kappa shape index (κ3) is 6.02. The molecule has 2 fully saturated rings. The fraction of sp³-hybridized carbons (Fsp3) is 0.548. The minimum atomic E-state index is -4.92. The van der Waals surface area contributed by atoms with Crippen LogP contribution in [0, 0.1) is 0 Å². The number of halogens is 3. The minimum absolute atomic E-state index is 0.196. The molecule has 2 aromatic carbocycles. The average molecular weight is 590 g/mol. The Morgan fingerprint density at radius 1 is 1.07 bits per heavy atom. The molecule has 0 unspecified atom stereocenters. The first-order valence-electron chi connectivity index (χ1n) is 14.2. The first-order valence-corrected chi connectivity index (χ1v) is 14.2. The molecule has 42 heavy (non-hydrogen) atoms. The van der Waals surface area contributed by atoms with Crippen molar-refractivity contribution >= 4 is 17.7 Å². The molecule has 2 aromatic rings. The van der Waals surface area contributed by atoms with E-state index >= 15 is 0 Å². The maximum atomic E-state index is 13.5. The monoisotopic (exact) mass is 589 g/mol. The zero-order valence-electron chi connectivity index (χ0n) is 24.9. The van der Waals surface area contributed by atoms with Gasteiger partial charge in [-0.25, -0.2) is 4.79 Å². The van der Waals surface area contributed by atoms with Gasteiger partial charge in [0, 0.05) is 42.5 Å². The van der Waals surface area contributed by atoms with Crippen LogP contribution < -0.4 is 15.0 Å². The third-order valence-corrected chi connectivity index (χ3v) is 8.19. The van der Waals surface area contributed by atoms with Crippen LogP contribution in [0.5, 0.6) is 5.75 Å². The predicted octanol–water partition coefficient (Wildman–Crippen LogP) is 6.43. The van der Waals surface area contributed by atoms with Gasteiger partial charge in [-0.3, -0.25) is 9.69 Å². The van der Waals surface area contributed by atoms with Crippen LogP contribution in [0.15, 0.2) is 36.4 Å². The number of fused-ring (bicyclic) bond motifs is 1. The molecule has 3 heterocycles. The molecule has 5 rings (SSSR count). The van der Waals surface area contributed by atoms with E-state index in [0.717, 1.165) is 24.0 Å². The number of hydrogen-bond donors (Lipinski definition) is 1. The highest BCUT2D eigenvalue weighted by molar-refractivity contribution is 5.94. The summed E-state index contributed by atoms with van der Waals surface area (Å²) in [7, 11) is 0. The number of carbonyl (C=O) groups excluding carboxylic acids is 2. The Morgan fingerprint density at radius 2 is 1.79 bits per heavy atom. The van der Waals surface area contributed by atoms with Gasteiger partial charge in [-0.2, -0.15) is 0 Å². The van der Waals surface area contributed by atoms with Crippen molar-refractivity contribution in [1.82, 2.24) is 10.2 Å². The van der Waals surface area contributed by atoms with E-state index in [1.165, 1.54) is 6.07 Å². The van der Waals surface area contributed by atoms with Gasteiger partial charge < -0.3 is 24.4 Å². The summed E-state index contributed by atoms with van der Waals surface area (Å²) in [6.45, 7) is 12.9. The summed E-state index contributed by atoms with van der Waals surface area (Å²) >= 11 is 0. The minimum Gasteiger partial charge on any atom is -0.444 e. The van der Waals surface area contributed by atoms with Gasteiger partial charge in [0.1, 0.15) is 11.4 Å². The van der Waals surface area contributed by atoms with Crippen molar-refractivity contribution in [2.75, 3.05) is 24.5 Å². The number of anilines is 1. The number of likely N-dealkylation sites (tertiary alicyclic amines) is 1. The number of nitrogens with one attached hydrogen (secondary N) is 1. The van der Waals surface area contributed by atoms with Crippen molar-refractivity contribution in [3.05, 3.63) is 58.7 Å². The van der Waals surface area contributed by atoms with E-state index in [1.54, 1.807) is 36.1 Å². The van der Waals surface area contributed by atoms with E-state index in [9.17, 15) is 22.8 Å². The molecule has 0 aliphatic carbocycles. The number of nitrogens with zero attached hydrogens (tertiary/aromatic N) is 2. The van der Waals surface area contributed by atoms with Gasteiger partial charge in [0.05, 0.1) is 23.8 Å². The first-order chi connectivity index (χ1) is 19.5. The standard InChI is InChI=1S/C31H38F3N3O5/c1-19(35-26(38)20-8-11-24-21(14-20)16-40-29(24,5)6)23-10-9-22(15-25(23)41-31(32,33)34)36-17-30(18-36)12-7-13-37(30)27(39)42-28(2,3)4/h8-11,14-15,19H,7,12-13,16-18H2,1-6H3,(H,35,38)/t19-/m0/s1. The van der Waals surface area contributed by atoms with Crippen LogP contribution in [-0.2, 0) is 21.7 Å². The molecule has 0 radical (unpaired) electrons. The second-order valence-corrected chi connectivity index (χ2v) is 13.0. The summed E-state index contributed by atoms with van der Waals surface area (Å²) in [5, 5.41) is 2.80. The highest BCUT2D eigenvalue weighted by atomic mass is 19.4. The molecular formula is C31H38F3N3O5. The summed E-state index contributed by atoms with van der Waals surface area (Å²) in [6, 6.07) is 9.14. The van der Waals surface area contributed by atoms with Crippen molar-refractivity contribution in [1.29, 1.82) is 0 Å². The second kappa shape index (κ2) is 10.4. The fourth-order valence-corrected chi connectivity index (χ4v) is 6.14. The normalized spacial score (nSPS) is 19.7. The molecule has 0 aromatic heterocycles. The van der Waals surface area contributed by atoms with E-state index in [0.29, 0.717) is 37.5 Å². The topological polar surface area (TPSA) is 80.3 Å². The quantitative estimate of drug-likeness (QED) is 0.433. The number of rotatable bonds is 5. The SMILES string of the molecule is C[C@H](NC(=O)c1ccc2c(c1)COC2(C)C)c1ccc(N2CC3(CCCN3C(=O)OC(C)(C)C)C2)cc1OC(F)(F)F. The van der Waals surface area contributed by atoms with Crippen molar-refractivity contribution in [3.63, 3.8) is 0 Å². The number of alkyl halides is 3. The number of benzene rings is 2. The average Bonchev–Trinajstić information content (AvgIpc) is 3.42. The van der Waals surface area contributed by atoms with Crippen LogP contribution in [0.4, 0.5) is 23.7 Å². The Balaban J connectivity index is 1.31. The van der Waals surface area contributed by atoms with E-state index in [4.69, 9.17) is 9.47 Å². The molecule has 2 saturated heterocycles. The smallest absolute Gasteiger partial charge is 0.444 e. The van der Waals surface area contributed by atoms with Crippen LogP contribution in [0.2, 0.25) is 0 Å². The van der Waals surface area contributed by atoms with Gasteiger partial charge in [-0.05, 0) is 83.7 Å². The van der Waals surface area contributed by atoms with Crippen LogP contribution in [0.25, 0.3) is 0 Å². The second-order valence-electron chi connectivity index (χ2n) is 13.0. The molecule has 1 N–H and O–H groups in total. The Kier molecular flexibility index (Phi) is 7.40. The van der Waals surface area contributed by atoms with Gasteiger partial charge in [0.25, 0.3) is 5.91 Å². The van der Waals surface area contributed by atoms with Crippen molar-refractivity contribution < 1.29 is 37.0 Å². The summed E-state index contributed by atoms with van der Waals surface area (Å²) < 4.78 is 56.2. The highest BCUT2D eigenvalue weighted by Gasteiger charge is 2.53. The number of carbonyl (C=O) groups is 2. The third-order valence-electron chi connectivity index (χ3n) is 8.19. The molecule has 1 atom stereocenters. The lowest BCUT2D eigenvalue weighted by molar-refractivity contribution is -0.275.